The number of rotatable bonds is 7. The quantitative estimate of drug-likeness (QED) is 0.120. The molecule has 2 aliphatic rings. The Kier molecular flexibility index (Phi) is 6.75. The molecule has 6 rings (SSSR count). The fourth-order valence-corrected chi connectivity index (χ4v) is 6.19. The van der Waals surface area contributed by atoms with Crippen molar-refractivity contribution >= 4 is 44.1 Å². The summed E-state index contributed by atoms with van der Waals surface area (Å²) in [5.41, 5.74) is 2.38. The maximum atomic E-state index is 13.9. The number of carbonyl (C=O) groups excluding carboxylic acids is 2. The Morgan fingerprint density at radius 3 is 2.85 bits per heavy atom. The van der Waals surface area contributed by atoms with E-state index in [9.17, 15) is 19.1 Å². The van der Waals surface area contributed by atoms with Crippen LogP contribution in [-0.2, 0) is 16.0 Å². The molecule has 9 heteroatoms. The van der Waals surface area contributed by atoms with E-state index in [2.05, 4.69) is 11.9 Å². The monoisotopic (exact) mass is 558 g/mol. The number of benzene rings is 3. The van der Waals surface area contributed by atoms with E-state index in [1.807, 2.05) is 13.0 Å². The zero-order chi connectivity index (χ0) is 28.0. The van der Waals surface area contributed by atoms with Gasteiger partial charge in [0.25, 0.3) is 5.78 Å². The zero-order valence-electron chi connectivity index (χ0n) is 22.0. The van der Waals surface area contributed by atoms with Gasteiger partial charge in [0.1, 0.15) is 29.2 Å². The Labute approximate surface area is 234 Å². The van der Waals surface area contributed by atoms with Gasteiger partial charge in [-0.25, -0.2) is 9.37 Å². The van der Waals surface area contributed by atoms with Crippen LogP contribution in [0.2, 0.25) is 0 Å². The molecule has 0 radical (unpaired) electrons. The number of aromatic nitrogens is 1. The third-order valence-electron chi connectivity index (χ3n) is 7.10. The number of fused-ring (bicyclic) bond motifs is 2. The summed E-state index contributed by atoms with van der Waals surface area (Å²) in [6, 6.07) is 15.6. The highest BCUT2D eigenvalue weighted by Crippen LogP contribution is 2.45. The molecular formula is C31H27FN2O5S. The molecule has 2 aliphatic heterocycles. The lowest BCUT2D eigenvalue weighted by Gasteiger charge is -2.23. The van der Waals surface area contributed by atoms with Gasteiger partial charge in [0.2, 0.25) is 0 Å². The van der Waals surface area contributed by atoms with Crippen LogP contribution >= 0.6 is 11.3 Å². The second-order valence-electron chi connectivity index (χ2n) is 10.0. The van der Waals surface area contributed by atoms with E-state index in [0.29, 0.717) is 40.1 Å². The smallest absolute Gasteiger partial charge is 0.301 e. The van der Waals surface area contributed by atoms with Crippen LogP contribution < -0.4 is 14.4 Å². The summed E-state index contributed by atoms with van der Waals surface area (Å²) in [5.74, 6) is -1.02. The molecule has 204 valence electrons. The topological polar surface area (TPSA) is 89.0 Å². The highest BCUT2D eigenvalue weighted by molar-refractivity contribution is 7.22. The van der Waals surface area contributed by atoms with Crippen molar-refractivity contribution in [1.29, 1.82) is 0 Å². The number of ketones is 1. The fourth-order valence-electron chi connectivity index (χ4n) is 5.17. The van der Waals surface area contributed by atoms with Crippen LogP contribution in [0.4, 0.5) is 9.52 Å². The van der Waals surface area contributed by atoms with E-state index in [0.717, 1.165) is 35.5 Å². The molecule has 0 saturated carbocycles. The summed E-state index contributed by atoms with van der Waals surface area (Å²) in [7, 11) is 0. The summed E-state index contributed by atoms with van der Waals surface area (Å²) in [5, 5.41) is 11.8. The number of amides is 1. The summed E-state index contributed by atoms with van der Waals surface area (Å²) < 4.78 is 26.2. The van der Waals surface area contributed by atoms with Gasteiger partial charge < -0.3 is 14.6 Å². The maximum absolute atomic E-state index is 13.9. The summed E-state index contributed by atoms with van der Waals surface area (Å²) >= 11 is 1.11. The Morgan fingerprint density at radius 2 is 2.02 bits per heavy atom. The van der Waals surface area contributed by atoms with Crippen molar-refractivity contribution in [3.8, 4) is 11.5 Å². The minimum Gasteiger partial charge on any atom is -0.507 e. The fraction of sp³-hybridized carbons (Fsp3) is 0.258. The number of carbonyl (C=O) groups is 2. The minimum atomic E-state index is -0.969. The van der Waals surface area contributed by atoms with Crippen molar-refractivity contribution in [3.63, 3.8) is 0 Å². The molecule has 0 bridgehead atoms. The van der Waals surface area contributed by atoms with Gasteiger partial charge in [0, 0.05) is 12.0 Å². The van der Waals surface area contributed by atoms with Crippen LogP contribution in [0, 0.1) is 5.82 Å². The highest BCUT2D eigenvalue weighted by Gasteiger charge is 2.48. The number of Topliss-reactive ketones (excluding diaryl/α,β-unsaturated/α-hetero) is 1. The number of anilines is 1. The van der Waals surface area contributed by atoms with Crippen molar-refractivity contribution < 1.29 is 28.6 Å². The molecular weight excluding hydrogens is 531 g/mol. The van der Waals surface area contributed by atoms with Crippen LogP contribution in [0.5, 0.6) is 11.5 Å². The van der Waals surface area contributed by atoms with Crippen LogP contribution in [0.3, 0.4) is 0 Å². The highest BCUT2D eigenvalue weighted by atomic mass is 32.1. The zero-order valence-corrected chi connectivity index (χ0v) is 22.8. The number of halogens is 1. The first kappa shape index (κ1) is 26.0. The lowest BCUT2D eigenvalue weighted by atomic mass is 9.94. The first-order valence-corrected chi connectivity index (χ1v) is 14.1. The van der Waals surface area contributed by atoms with E-state index in [1.54, 1.807) is 36.4 Å². The number of thiazole rings is 1. The number of hydrogen-bond acceptors (Lipinski definition) is 7. The molecule has 1 aromatic heterocycles. The average Bonchev–Trinajstić information content (AvgIpc) is 3.60. The number of aliphatic hydroxyl groups excluding tert-OH is 1. The standard InChI is InChI=1S/C31H27FN2O5S/c1-3-4-12-38-22-7-5-6-18(15-22)27-26(28(35)19-8-11-24-20(14-19)13-17(2)39-24)29(36)30(37)34(27)31-33-23-10-9-21(32)16-25(23)40-31/h5-11,14-17,27,35H,3-4,12-13H2,1-2H3. The van der Waals surface area contributed by atoms with Crippen molar-refractivity contribution in [3.05, 3.63) is 88.7 Å². The van der Waals surface area contributed by atoms with Crippen molar-refractivity contribution in [2.45, 2.75) is 45.3 Å². The van der Waals surface area contributed by atoms with Crippen molar-refractivity contribution in [1.82, 2.24) is 4.98 Å². The predicted molar refractivity (Wildman–Crippen MR) is 151 cm³/mol. The number of unbranched alkanes of at least 4 members (excludes halogenated alkanes) is 1. The van der Waals surface area contributed by atoms with E-state index in [4.69, 9.17) is 9.47 Å². The van der Waals surface area contributed by atoms with Gasteiger partial charge in [-0.05, 0) is 73.0 Å². The third-order valence-corrected chi connectivity index (χ3v) is 8.12. The number of hydrogen-bond donors (Lipinski definition) is 1. The molecule has 3 aromatic carbocycles. The Bertz CT molecular complexity index is 1680. The van der Waals surface area contributed by atoms with E-state index >= 15 is 0 Å². The second kappa shape index (κ2) is 10.4. The third kappa shape index (κ3) is 4.60. The first-order chi connectivity index (χ1) is 19.3. The Morgan fingerprint density at radius 1 is 1.18 bits per heavy atom. The minimum absolute atomic E-state index is 0.0114. The van der Waals surface area contributed by atoms with Crippen LogP contribution in [-0.4, -0.2) is 34.5 Å². The van der Waals surface area contributed by atoms with Gasteiger partial charge in [0.15, 0.2) is 5.13 Å². The molecule has 1 N–H and O–H groups in total. The molecule has 1 amide bonds. The molecule has 2 unspecified atom stereocenters. The largest absolute Gasteiger partial charge is 0.507 e. The Balaban J connectivity index is 1.50. The van der Waals surface area contributed by atoms with Gasteiger partial charge in [-0.15, -0.1) is 0 Å². The normalized spacial score (nSPS) is 19.7. The molecule has 0 spiro atoms. The van der Waals surface area contributed by atoms with E-state index in [-0.39, 0.29) is 22.6 Å². The van der Waals surface area contributed by atoms with E-state index < -0.39 is 23.5 Å². The van der Waals surface area contributed by atoms with Crippen molar-refractivity contribution in [2.75, 3.05) is 11.5 Å². The summed E-state index contributed by atoms with van der Waals surface area (Å²) in [4.78, 5) is 33.0. The van der Waals surface area contributed by atoms with Crippen LogP contribution in [0.1, 0.15) is 49.4 Å². The lowest BCUT2D eigenvalue weighted by molar-refractivity contribution is -0.132. The maximum Gasteiger partial charge on any atom is 0.301 e. The van der Waals surface area contributed by atoms with Gasteiger partial charge in [-0.1, -0.05) is 36.8 Å². The van der Waals surface area contributed by atoms with E-state index in [1.165, 1.54) is 23.1 Å². The number of nitrogens with zero attached hydrogens (tertiary/aromatic N) is 2. The van der Waals surface area contributed by atoms with Crippen LogP contribution in [0.25, 0.3) is 16.0 Å². The molecule has 40 heavy (non-hydrogen) atoms. The van der Waals surface area contributed by atoms with Gasteiger partial charge in [0.05, 0.1) is 28.4 Å². The average molecular weight is 559 g/mol. The molecule has 7 nitrogen and oxygen atoms in total. The molecule has 4 aromatic rings. The molecule has 2 atom stereocenters. The predicted octanol–water partition coefficient (Wildman–Crippen LogP) is 6.56. The van der Waals surface area contributed by atoms with Crippen molar-refractivity contribution in [2.24, 2.45) is 0 Å². The SMILES string of the molecule is CCCCOc1cccc(C2C(=C(O)c3ccc4c(c3)CC(C)O4)C(=O)C(=O)N2c2nc3ccc(F)cc3s2)c1. The van der Waals surface area contributed by atoms with Crippen LogP contribution in [0.15, 0.2) is 66.2 Å². The van der Waals surface area contributed by atoms with Gasteiger partial charge in [-0.2, -0.15) is 0 Å². The number of aliphatic hydroxyl groups is 1. The summed E-state index contributed by atoms with van der Waals surface area (Å²) in [6.45, 7) is 4.56. The molecule has 1 fully saturated rings. The Hall–Kier alpha value is -4.24. The lowest BCUT2D eigenvalue weighted by Crippen LogP contribution is -2.29. The van der Waals surface area contributed by atoms with Gasteiger partial charge >= 0.3 is 5.91 Å². The molecule has 3 heterocycles. The second-order valence-corrected chi connectivity index (χ2v) is 11.0. The molecule has 0 aliphatic carbocycles. The summed E-state index contributed by atoms with van der Waals surface area (Å²) in [6.07, 6.45) is 2.54. The first-order valence-electron chi connectivity index (χ1n) is 13.2. The molecule has 1 saturated heterocycles. The number of ether oxygens (including phenoxy) is 2. The van der Waals surface area contributed by atoms with Gasteiger partial charge in [-0.3, -0.25) is 14.5 Å².